The number of hydrogen-bond donors (Lipinski definition) is 0. The van der Waals surface area contributed by atoms with Crippen molar-refractivity contribution >= 4 is 34.9 Å². The zero-order valence-electron chi connectivity index (χ0n) is 9.14. The largest absolute Gasteiger partial charge is 0.308 e. The second-order valence-corrected chi connectivity index (χ2v) is 5.54. The number of aromatic nitrogens is 1. The Morgan fingerprint density at radius 3 is 2.94 bits per heavy atom. The number of rotatable bonds is 2. The molecule has 0 aliphatic heterocycles. The van der Waals surface area contributed by atoms with E-state index >= 15 is 0 Å². The van der Waals surface area contributed by atoms with Gasteiger partial charge in [0.15, 0.2) is 0 Å². The van der Waals surface area contributed by atoms with Gasteiger partial charge in [0.25, 0.3) is 0 Å². The molecule has 1 heterocycles. The van der Waals surface area contributed by atoms with E-state index in [4.69, 9.17) is 7.85 Å². The third-order valence-electron chi connectivity index (χ3n) is 3.35. The van der Waals surface area contributed by atoms with Crippen molar-refractivity contribution < 1.29 is 0 Å². The predicted octanol–water partition coefficient (Wildman–Crippen LogP) is 1.83. The van der Waals surface area contributed by atoms with Crippen LogP contribution in [0.15, 0.2) is 23.0 Å². The Balaban J connectivity index is 2.22. The second-order valence-electron chi connectivity index (χ2n) is 4.54. The molecule has 1 aliphatic carbocycles. The van der Waals surface area contributed by atoms with Crippen LogP contribution < -0.4 is 10.3 Å². The lowest BCUT2D eigenvalue weighted by molar-refractivity contribution is 0.493. The van der Waals surface area contributed by atoms with Gasteiger partial charge in [-0.25, -0.2) is 0 Å². The molecule has 1 saturated carbocycles. The average molecular weight is 229 g/mol. The third kappa shape index (κ3) is 1.52. The van der Waals surface area contributed by atoms with Gasteiger partial charge in [-0.05, 0) is 37.8 Å². The SMILES string of the molecule is [B]c1ccc2c(c1)sc(=O)n2C(C)C1CC1. The van der Waals surface area contributed by atoms with E-state index in [1.54, 1.807) is 0 Å². The van der Waals surface area contributed by atoms with Crippen molar-refractivity contribution in [2.45, 2.75) is 25.8 Å². The molecule has 1 atom stereocenters. The zero-order chi connectivity index (χ0) is 11.3. The van der Waals surface area contributed by atoms with Gasteiger partial charge >= 0.3 is 4.87 Å². The third-order valence-corrected chi connectivity index (χ3v) is 4.27. The first-order valence-corrected chi connectivity index (χ1v) is 6.39. The second kappa shape index (κ2) is 3.49. The van der Waals surface area contributed by atoms with E-state index in [9.17, 15) is 4.79 Å². The van der Waals surface area contributed by atoms with E-state index in [1.807, 2.05) is 22.8 Å². The van der Waals surface area contributed by atoms with Crippen LogP contribution in [0.5, 0.6) is 0 Å². The van der Waals surface area contributed by atoms with Gasteiger partial charge in [-0.1, -0.05) is 22.9 Å². The highest BCUT2D eigenvalue weighted by molar-refractivity contribution is 7.16. The molecular formula is C12H12BNOS. The highest BCUT2D eigenvalue weighted by Gasteiger charge is 2.30. The molecule has 1 aromatic heterocycles. The first kappa shape index (κ1) is 10.1. The Kier molecular flexibility index (Phi) is 2.21. The van der Waals surface area contributed by atoms with Crippen LogP contribution in [-0.2, 0) is 0 Å². The molecule has 0 bridgehead atoms. The lowest BCUT2D eigenvalue weighted by Crippen LogP contribution is -2.18. The van der Waals surface area contributed by atoms with Gasteiger partial charge in [0, 0.05) is 6.04 Å². The number of thiazole rings is 1. The Hall–Kier alpha value is -1.03. The smallest absolute Gasteiger partial charge is 0.296 e. The lowest BCUT2D eigenvalue weighted by atomic mass is 9.96. The number of hydrogen-bond acceptors (Lipinski definition) is 2. The summed E-state index contributed by atoms with van der Waals surface area (Å²) in [7, 11) is 5.73. The first-order chi connectivity index (χ1) is 7.66. The Morgan fingerprint density at radius 1 is 1.50 bits per heavy atom. The maximum atomic E-state index is 12.0. The van der Waals surface area contributed by atoms with Gasteiger partial charge in [-0.15, -0.1) is 0 Å². The quantitative estimate of drug-likeness (QED) is 0.720. The van der Waals surface area contributed by atoms with E-state index in [2.05, 4.69) is 6.92 Å². The summed E-state index contributed by atoms with van der Waals surface area (Å²) in [5, 5.41) is 0. The van der Waals surface area contributed by atoms with E-state index in [0.29, 0.717) is 12.0 Å². The zero-order valence-corrected chi connectivity index (χ0v) is 9.96. The normalized spacial score (nSPS) is 17.8. The topological polar surface area (TPSA) is 22.0 Å². The summed E-state index contributed by atoms with van der Waals surface area (Å²) in [6.45, 7) is 2.14. The maximum absolute atomic E-state index is 12.0. The summed E-state index contributed by atoms with van der Waals surface area (Å²) in [5.41, 5.74) is 1.75. The minimum absolute atomic E-state index is 0.139. The molecular weight excluding hydrogens is 217 g/mol. The molecule has 16 heavy (non-hydrogen) atoms. The molecule has 4 heteroatoms. The summed E-state index contributed by atoms with van der Waals surface area (Å²) >= 11 is 1.29. The Labute approximate surface area is 99.3 Å². The van der Waals surface area contributed by atoms with Crippen LogP contribution in [0, 0.1) is 5.92 Å². The predicted molar refractivity (Wildman–Crippen MR) is 68.9 cm³/mol. The van der Waals surface area contributed by atoms with Crippen LogP contribution in [0.1, 0.15) is 25.8 Å². The molecule has 0 saturated heterocycles. The standard InChI is InChI=1S/C12H12BNOS/c1-7(8-2-3-8)14-10-5-4-9(13)6-11(10)16-12(14)15/h4-8H,2-3H2,1H3. The molecule has 2 nitrogen and oxygen atoms in total. The van der Waals surface area contributed by atoms with Crippen LogP contribution in [-0.4, -0.2) is 12.4 Å². The van der Waals surface area contributed by atoms with Crippen LogP contribution in [0.2, 0.25) is 0 Å². The van der Waals surface area contributed by atoms with Gasteiger partial charge in [0.05, 0.1) is 10.2 Å². The van der Waals surface area contributed by atoms with Crippen molar-refractivity contribution in [3.05, 3.63) is 27.9 Å². The number of fused-ring (bicyclic) bond motifs is 1. The summed E-state index contributed by atoms with van der Waals surface area (Å²) in [5.74, 6) is 0.688. The molecule has 2 radical (unpaired) electrons. The van der Waals surface area contributed by atoms with Crippen LogP contribution in [0.25, 0.3) is 10.2 Å². The highest BCUT2D eigenvalue weighted by Crippen LogP contribution is 2.40. The van der Waals surface area contributed by atoms with Crippen LogP contribution >= 0.6 is 11.3 Å². The first-order valence-electron chi connectivity index (χ1n) is 5.57. The average Bonchev–Trinajstić information content (AvgIpc) is 3.01. The summed E-state index contributed by atoms with van der Waals surface area (Å²) in [4.78, 5) is 12.1. The fourth-order valence-corrected chi connectivity index (χ4v) is 3.25. The minimum atomic E-state index is 0.139. The van der Waals surface area contributed by atoms with Gasteiger partial charge < -0.3 is 0 Å². The van der Waals surface area contributed by atoms with Crippen molar-refractivity contribution in [2.75, 3.05) is 0 Å². The molecule has 3 rings (SSSR count). The summed E-state index contributed by atoms with van der Waals surface area (Å²) in [6.07, 6.45) is 2.50. The molecule has 0 N–H and O–H groups in total. The Bertz CT molecular complexity index is 597. The van der Waals surface area contributed by atoms with Gasteiger partial charge in [-0.3, -0.25) is 9.36 Å². The molecule has 0 spiro atoms. The maximum Gasteiger partial charge on any atom is 0.308 e. The molecule has 1 aromatic carbocycles. The van der Waals surface area contributed by atoms with E-state index in [-0.39, 0.29) is 4.87 Å². The molecule has 1 fully saturated rings. The van der Waals surface area contributed by atoms with Crippen molar-refractivity contribution in [1.29, 1.82) is 0 Å². The number of benzene rings is 1. The molecule has 0 amide bonds. The fourth-order valence-electron chi connectivity index (χ4n) is 2.23. The highest BCUT2D eigenvalue weighted by atomic mass is 32.1. The van der Waals surface area contributed by atoms with Crippen molar-refractivity contribution in [3.8, 4) is 0 Å². The molecule has 1 unspecified atom stereocenters. The van der Waals surface area contributed by atoms with E-state index in [1.165, 1.54) is 24.2 Å². The fraction of sp³-hybridized carbons (Fsp3) is 0.417. The van der Waals surface area contributed by atoms with Crippen molar-refractivity contribution in [2.24, 2.45) is 5.92 Å². The van der Waals surface area contributed by atoms with Gasteiger partial charge in [0.2, 0.25) is 0 Å². The summed E-state index contributed by atoms with van der Waals surface area (Å²) < 4.78 is 2.93. The van der Waals surface area contributed by atoms with E-state index in [0.717, 1.165) is 15.7 Å². The van der Waals surface area contributed by atoms with Crippen molar-refractivity contribution in [1.82, 2.24) is 4.57 Å². The minimum Gasteiger partial charge on any atom is -0.296 e. The van der Waals surface area contributed by atoms with Crippen LogP contribution in [0.4, 0.5) is 0 Å². The molecule has 2 aromatic rings. The summed E-state index contributed by atoms with van der Waals surface area (Å²) in [6, 6.07) is 6.04. The van der Waals surface area contributed by atoms with Gasteiger partial charge in [-0.2, -0.15) is 0 Å². The lowest BCUT2D eigenvalue weighted by Gasteiger charge is -2.12. The molecule has 1 aliphatic rings. The van der Waals surface area contributed by atoms with Crippen LogP contribution in [0.3, 0.4) is 0 Å². The Morgan fingerprint density at radius 2 is 2.25 bits per heavy atom. The molecule has 80 valence electrons. The van der Waals surface area contributed by atoms with E-state index < -0.39 is 0 Å². The van der Waals surface area contributed by atoms with Crippen molar-refractivity contribution in [3.63, 3.8) is 0 Å². The van der Waals surface area contributed by atoms with Gasteiger partial charge in [0.1, 0.15) is 7.85 Å². The monoisotopic (exact) mass is 229 g/mol. The number of nitrogens with zero attached hydrogens (tertiary/aromatic N) is 1.